The van der Waals surface area contributed by atoms with E-state index in [1.54, 1.807) is 0 Å². The summed E-state index contributed by atoms with van der Waals surface area (Å²) in [6.07, 6.45) is 1.13. The lowest BCUT2D eigenvalue weighted by molar-refractivity contribution is -0.384. The second kappa shape index (κ2) is 6.33. The Hall–Kier alpha value is -1.77. The summed E-state index contributed by atoms with van der Waals surface area (Å²) < 4.78 is 0.397. The number of non-ortho nitro benzene ring substituents is 1. The fraction of sp³-hybridized carbons (Fsp3) is 0. The molecule has 0 aliphatic carbocycles. The lowest BCUT2D eigenvalue weighted by Gasteiger charge is -2.07. The smallest absolute Gasteiger partial charge is 0.271 e. The van der Waals surface area contributed by atoms with Gasteiger partial charge >= 0.3 is 0 Å². The molecule has 10 heteroatoms. The number of nitro benzene ring substituents is 1. The Morgan fingerprint density at radius 3 is 2.67 bits per heavy atom. The average molecular weight is 392 g/mol. The minimum Gasteiger partial charge on any atom is -0.305 e. The Balaban J connectivity index is 2.32. The molecule has 7 nitrogen and oxygen atoms in total. The van der Waals surface area contributed by atoms with Gasteiger partial charge in [-0.15, -0.1) is 0 Å². The van der Waals surface area contributed by atoms with Crippen LogP contribution in [-0.4, -0.2) is 20.8 Å². The van der Waals surface area contributed by atoms with Crippen molar-refractivity contribution in [3.05, 3.63) is 54.9 Å². The van der Waals surface area contributed by atoms with Crippen LogP contribution in [0.3, 0.4) is 0 Å². The number of nitrogens with zero attached hydrogens (tertiary/aromatic N) is 3. The van der Waals surface area contributed by atoms with Gasteiger partial charge in [0.05, 0.1) is 4.92 Å². The molecule has 0 fully saturated rings. The minimum absolute atomic E-state index is 0.0119. The number of carbonyl (C=O) groups excluding carboxylic acids is 1. The Labute approximate surface area is 136 Å². The van der Waals surface area contributed by atoms with Crippen LogP contribution in [0, 0.1) is 10.1 Å². The number of amides is 1. The molecular formula is C11H5BrCl2N4O3. The Morgan fingerprint density at radius 2 is 2.00 bits per heavy atom. The van der Waals surface area contributed by atoms with E-state index in [-0.39, 0.29) is 27.2 Å². The van der Waals surface area contributed by atoms with Gasteiger partial charge in [0.2, 0.25) is 0 Å². The molecule has 1 N–H and O–H groups in total. The quantitative estimate of drug-likeness (QED) is 0.488. The molecule has 0 bridgehead atoms. The molecule has 2 aromatic rings. The summed E-state index contributed by atoms with van der Waals surface area (Å²) in [6, 6.07) is 3.85. The van der Waals surface area contributed by atoms with Crippen molar-refractivity contribution >= 4 is 56.5 Å². The molecule has 2 rings (SSSR count). The lowest BCUT2D eigenvalue weighted by Crippen LogP contribution is -2.14. The van der Waals surface area contributed by atoms with Crippen molar-refractivity contribution in [2.24, 2.45) is 0 Å². The van der Waals surface area contributed by atoms with Crippen molar-refractivity contribution in [2.45, 2.75) is 0 Å². The molecule has 0 aliphatic heterocycles. The van der Waals surface area contributed by atoms with Crippen molar-refractivity contribution in [3.63, 3.8) is 0 Å². The fourth-order valence-corrected chi connectivity index (χ4v) is 2.18. The van der Waals surface area contributed by atoms with Gasteiger partial charge < -0.3 is 5.32 Å². The molecule has 1 heterocycles. The van der Waals surface area contributed by atoms with Gasteiger partial charge in [-0.25, -0.2) is 9.97 Å². The monoisotopic (exact) mass is 390 g/mol. The topological polar surface area (TPSA) is 98.0 Å². The Kier molecular flexibility index (Phi) is 4.71. The van der Waals surface area contributed by atoms with E-state index in [0.29, 0.717) is 4.47 Å². The first kappa shape index (κ1) is 15.6. The SMILES string of the molecule is O=C(Nc1ncnc(Cl)c1Cl)c1cc(Br)cc([N+](=O)[O-])c1. The Bertz CT molecular complexity index is 741. The number of carbonyl (C=O) groups is 1. The number of hydrogen-bond donors (Lipinski definition) is 1. The number of nitro groups is 1. The number of rotatable bonds is 3. The lowest BCUT2D eigenvalue weighted by atomic mass is 10.2. The molecule has 21 heavy (non-hydrogen) atoms. The van der Waals surface area contributed by atoms with E-state index in [0.717, 1.165) is 12.4 Å². The highest BCUT2D eigenvalue weighted by Gasteiger charge is 2.16. The third kappa shape index (κ3) is 3.66. The van der Waals surface area contributed by atoms with Gasteiger partial charge in [0.25, 0.3) is 11.6 Å². The van der Waals surface area contributed by atoms with E-state index in [1.165, 1.54) is 12.1 Å². The molecular weight excluding hydrogens is 387 g/mol. The summed E-state index contributed by atoms with van der Waals surface area (Å²) in [5, 5.41) is 13.2. The number of hydrogen-bond acceptors (Lipinski definition) is 5. The fourth-order valence-electron chi connectivity index (χ4n) is 1.43. The zero-order valence-electron chi connectivity index (χ0n) is 10.0. The highest BCUT2D eigenvalue weighted by molar-refractivity contribution is 9.10. The summed E-state index contributed by atoms with van der Waals surface area (Å²) in [5.41, 5.74) is -0.150. The van der Waals surface area contributed by atoms with Crippen LogP contribution in [0.4, 0.5) is 11.5 Å². The highest BCUT2D eigenvalue weighted by atomic mass is 79.9. The van der Waals surface area contributed by atoms with Crippen molar-refractivity contribution in [2.75, 3.05) is 5.32 Å². The zero-order chi connectivity index (χ0) is 15.6. The molecule has 108 valence electrons. The average Bonchev–Trinajstić information content (AvgIpc) is 2.43. The molecule has 1 amide bonds. The van der Waals surface area contributed by atoms with Crippen molar-refractivity contribution < 1.29 is 9.72 Å². The molecule has 0 aliphatic rings. The van der Waals surface area contributed by atoms with Crippen LogP contribution >= 0.6 is 39.1 Å². The van der Waals surface area contributed by atoms with Crippen LogP contribution in [0.15, 0.2) is 29.0 Å². The molecule has 0 unspecified atom stereocenters. The van der Waals surface area contributed by atoms with E-state index in [4.69, 9.17) is 23.2 Å². The Morgan fingerprint density at radius 1 is 1.29 bits per heavy atom. The van der Waals surface area contributed by atoms with Crippen LogP contribution in [-0.2, 0) is 0 Å². The number of aromatic nitrogens is 2. The maximum Gasteiger partial charge on any atom is 0.271 e. The highest BCUT2D eigenvalue weighted by Crippen LogP contribution is 2.27. The van der Waals surface area contributed by atoms with E-state index < -0.39 is 10.8 Å². The predicted molar refractivity (Wildman–Crippen MR) is 80.8 cm³/mol. The number of benzene rings is 1. The first-order valence-corrected chi connectivity index (χ1v) is 6.85. The van der Waals surface area contributed by atoms with E-state index >= 15 is 0 Å². The predicted octanol–water partition coefficient (Wildman–Crippen LogP) is 3.71. The molecule has 0 spiro atoms. The molecule has 0 atom stereocenters. The molecule has 0 saturated carbocycles. The largest absolute Gasteiger partial charge is 0.305 e. The van der Waals surface area contributed by atoms with Crippen LogP contribution in [0.1, 0.15) is 10.4 Å². The normalized spacial score (nSPS) is 10.2. The second-order valence-corrected chi connectivity index (χ2v) is 5.39. The molecule has 1 aromatic carbocycles. The number of halogens is 3. The van der Waals surface area contributed by atoms with Gasteiger partial charge in [0.15, 0.2) is 11.0 Å². The summed E-state index contributed by atoms with van der Waals surface area (Å²) in [7, 11) is 0. The maximum absolute atomic E-state index is 12.1. The first-order chi connectivity index (χ1) is 9.88. The van der Waals surface area contributed by atoms with Gasteiger partial charge in [-0.2, -0.15) is 0 Å². The van der Waals surface area contributed by atoms with E-state index in [2.05, 4.69) is 31.2 Å². The van der Waals surface area contributed by atoms with Gasteiger partial charge in [0.1, 0.15) is 11.3 Å². The van der Waals surface area contributed by atoms with Crippen molar-refractivity contribution in [1.29, 1.82) is 0 Å². The van der Waals surface area contributed by atoms with Gasteiger partial charge in [0, 0.05) is 22.2 Å². The molecule has 0 saturated heterocycles. The summed E-state index contributed by atoms with van der Waals surface area (Å²) in [4.78, 5) is 29.7. The van der Waals surface area contributed by atoms with Crippen LogP contribution in [0.2, 0.25) is 10.2 Å². The molecule has 1 aromatic heterocycles. The van der Waals surface area contributed by atoms with Gasteiger partial charge in [-0.05, 0) is 6.07 Å². The van der Waals surface area contributed by atoms with E-state index in [9.17, 15) is 14.9 Å². The van der Waals surface area contributed by atoms with Crippen LogP contribution in [0.25, 0.3) is 0 Å². The summed E-state index contributed by atoms with van der Waals surface area (Å²) in [6.45, 7) is 0. The van der Waals surface area contributed by atoms with E-state index in [1.807, 2.05) is 0 Å². The van der Waals surface area contributed by atoms with Crippen molar-refractivity contribution in [3.8, 4) is 0 Å². The first-order valence-electron chi connectivity index (χ1n) is 5.31. The standard InChI is InChI=1S/C11H5BrCl2N4O3/c12-6-1-5(2-7(3-6)18(20)21)11(19)17-10-8(13)9(14)15-4-16-10/h1-4H,(H,15,16,17,19). The summed E-state index contributed by atoms with van der Waals surface area (Å²) >= 11 is 14.7. The third-order valence-electron chi connectivity index (χ3n) is 2.33. The second-order valence-electron chi connectivity index (χ2n) is 3.74. The third-order valence-corrected chi connectivity index (χ3v) is 3.53. The van der Waals surface area contributed by atoms with Crippen LogP contribution in [0.5, 0.6) is 0 Å². The van der Waals surface area contributed by atoms with Crippen LogP contribution < -0.4 is 5.32 Å². The number of nitrogens with one attached hydrogen (secondary N) is 1. The maximum atomic E-state index is 12.1. The molecule has 0 radical (unpaired) electrons. The van der Waals surface area contributed by atoms with Crippen molar-refractivity contribution in [1.82, 2.24) is 9.97 Å². The van der Waals surface area contributed by atoms with Gasteiger partial charge in [-0.3, -0.25) is 14.9 Å². The zero-order valence-corrected chi connectivity index (χ0v) is 13.1. The summed E-state index contributed by atoms with van der Waals surface area (Å²) in [5.74, 6) is -0.597. The van der Waals surface area contributed by atoms with Gasteiger partial charge in [-0.1, -0.05) is 39.1 Å². The minimum atomic E-state index is -0.615. The number of anilines is 1.